The molecule has 1 saturated heterocycles. The van der Waals surface area contributed by atoms with Gasteiger partial charge in [-0.3, -0.25) is 9.78 Å². The standard InChI is InChI=1S/C36H39N5O6/c42-34(33(41-35(43)44)32(27-12-3-1-4-13-27)28-14-5-2-6-15-28)40-31-16-8-7-11-26(31)17-18-30-22-38-29(23-46-30)24-47-36(45)39-21-25-10-9-19-37-20-25/h1-16,19-20,29-30,32-33,38,41H,17-18,21-24H2,(H,39,45)(H,40,42)(H,43,44)/t29-,30+,33-/m0/s1. The highest BCUT2D eigenvalue weighted by Crippen LogP contribution is 2.30. The van der Waals surface area contributed by atoms with E-state index in [2.05, 4.69) is 26.3 Å². The Morgan fingerprint density at radius 2 is 1.64 bits per heavy atom. The first-order valence-corrected chi connectivity index (χ1v) is 15.6. The van der Waals surface area contributed by atoms with E-state index in [1.165, 1.54) is 0 Å². The number of aryl methyl sites for hydroxylation is 1. The molecule has 4 aromatic rings. The molecule has 5 rings (SSSR count). The summed E-state index contributed by atoms with van der Waals surface area (Å²) in [6.07, 6.45) is 2.81. The lowest BCUT2D eigenvalue weighted by atomic mass is 9.84. The summed E-state index contributed by atoms with van der Waals surface area (Å²) >= 11 is 0. The van der Waals surface area contributed by atoms with E-state index in [1.807, 2.05) is 91.0 Å². The number of para-hydroxylation sites is 1. The van der Waals surface area contributed by atoms with Crippen LogP contribution in [0.2, 0.25) is 0 Å². The number of pyridine rings is 1. The molecule has 1 aliphatic heterocycles. The molecule has 0 radical (unpaired) electrons. The summed E-state index contributed by atoms with van der Waals surface area (Å²) in [6, 6.07) is 28.8. The zero-order valence-electron chi connectivity index (χ0n) is 25.9. The molecule has 5 N–H and O–H groups in total. The Bertz CT molecular complexity index is 1540. The Labute approximate surface area is 273 Å². The van der Waals surface area contributed by atoms with Crippen molar-refractivity contribution in [2.75, 3.05) is 25.1 Å². The lowest BCUT2D eigenvalue weighted by Gasteiger charge is -2.30. The van der Waals surface area contributed by atoms with Crippen molar-refractivity contribution in [3.8, 4) is 0 Å². The second kappa shape index (κ2) is 16.9. The van der Waals surface area contributed by atoms with Gasteiger partial charge in [0.05, 0.1) is 18.8 Å². The zero-order valence-corrected chi connectivity index (χ0v) is 25.9. The van der Waals surface area contributed by atoms with Crippen molar-refractivity contribution in [1.29, 1.82) is 0 Å². The Morgan fingerprint density at radius 3 is 2.28 bits per heavy atom. The van der Waals surface area contributed by atoms with Crippen LogP contribution in [0.5, 0.6) is 0 Å². The summed E-state index contributed by atoms with van der Waals surface area (Å²) in [7, 11) is 0. The predicted molar refractivity (Wildman–Crippen MR) is 177 cm³/mol. The van der Waals surface area contributed by atoms with Crippen molar-refractivity contribution in [2.45, 2.75) is 43.5 Å². The van der Waals surface area contributed by atoms with E-state index in [9.17, 15) is 19.5 Å². The number of alkyl carbamates (subject to hydrolysis) is 1. The van der Waals surface area contributed by atoms with Crippen LogP contribution in [0.4, 0.5) is 15.3 Å². The molecule has 0 unspecified atom stereocenters. The minimum Gasteiger partial charge on any atom is -0.465 e. The maximum Gasteiger partial charge on any atom is 0.407 e. The molecule has 1 fully saturated rings. The van der Waals surface area contributed by atoms with Crippen molar-refractivity contribution in [3.05, 3.63) is 132 Å². The number of benzene rings is 3. The second-order valence-electron chi connectivity index (χ2n) is 11.3. The topological polar surface area (TPSA) is 151 Å². The first-order valence-electron chi connectivity index (χ1n) is 15.6. The highest BCUT2D eigenvalue weighted by molar-refractivity contribution is 5.98. The van der Waals surface area contributed by atoms with Gasteiger partial charge in [0.15, 0.2) is 0 Å². The Morgan fingerprint density at radius 1 is 0.936 bits per heavy atom. The molecule has 0 spiro atoms. The molecular weight excluding hydrogens is 598 g/mol. The van der Waals surface area contributed by atoms with Crippen molar-refractivity contribution >= 4 is 23.8 Å². The van der Waals surface area contributed by atoms with Gasteiger partial charge >= 0.3 is 12.2 Å². The zero-order chi connectivity index (χ0) is 32.8. The molecule has 3 aromatic carbocycles. The van der Waals surface area contributed by atoms with Gasteiger partial charge in [-0.25, -0.2) is 9.59 Å². The third kappa shape index (κ3) is 9.86. The first-order chi connectivity index (χ1) is 23.0. The average molecular weight is 638 g/mol. The molecule has 11 nitrogen and oxygen atoms in total. The fourth-order valence-corrected chi connectivity index (χ4v) is 5.58. The molecule has 0 saturated carbocycles. The Hall–Kier alpha value is -5.26. The van der Waals surface area contributed by atoms with E-state index >= 15 is 0 Å². The molecule has 0 bridgehead atoms. The van der Waals surface area contributed by atoms with E-state index in [0.29, 0.717) is 38.2 Å². The first kappa shape index (κ1) is 33.1. The SMILES string of the molecule is O=C(O)N[C@H](C(=O)Nc1ccccc1CC[C@@H]1CN[C@H](COC(=O)NCc2cccnc2)CO1)C(c1ccccc1)c1ccccc1. The average Bonchev–Trinajstić information content (AvgIpc) is 3.11. The monoisotopic (exact) mass is 637 g/mol. The number of carboxylic acid groups (broad SMARTS) is 1. The molecular formula is C36H39N5O6. The van der Waals surface area contributed by atoms with Gasteiger partial charge in [0.2, 0.25) is 5.91 Å². The van der Waals surface area contributed by atoms with E-state index in [-0.39, 0.29) is 18.8 Å². The van der Waals surface area contributed by atoms with Crippen LogP contribution in [-0.2, 0) is 27.2 Å². The largest absolute Gasteiger partial charge is 0.465 e. The number of carbonyl (C=O) groups is 3. The molecule has 3 atom stereocenters. The van der Waals surface area contributed by atoms with Crippen LogP contribution in [0.25, 0.3) is 0 Å². The van der Waals surface area contributed by atoms with Crippen LogP contribution in [0.15, 0.2) is 109 Å². The van der Waals surface area contributed by atoms with Crippen LogP contribution in [0, 0.1) is 0 Å². The fourth-order valence-electron chi connectivity index (χ4n) is 5.58. The maximum atomic E-state index is 13.8. The van der Waals surface area contributed by atoms with Gasteiger partial charge in [-0.1, -0.05) is 84.9 Å². The van der Waals surface area contributed by atoms with E-state index < -0.39 is 30.1 Å². The van der Waals surface area contributed by atoms with Gasteiger partial charge in [0.25, 0.3) is 0 Å². The van der Waals surface area contributed by atoms with Crippen LogP contribution >= 0.6 is 0 Å². The number of amides is 3. The third-order valence-corrected chi connectivity index (χ3v) is 7.97. The van der Waals surface area contributed by atoms with Gasteiger partial charge < -0.3 is 35.8 Å². The van der Waals surface area contributed by atoms with E-state index in [1.54, 1.807) is 18.5 Å². The molecule has 47 heavy (non-hydrogen) atoms. The number of anilines is 1. The summed E-state index contributed by atoms with van der Waals surface area (Å²) in [6.45, 7) is 1.49. The summed E-state index contributed by atoms with van der Waals surface area (Å²) < 4.78 is 11.4. The summed E-state index contributed by atoms with van der Waals surface area (Å²) in [4.78, 5) is 41.9. The van der Waals surface area contributed by atoms with Crippen molar-refractivity contribution < 1.29 is 29.0 Å². The number of carbonyl (C=O) groups excluding carboxylic acids is 2. The van der Waals surface area contributed by atoms with Crippen molar-refractivity contribution in [1.82, 2.24) is 20.9 Å². The van der Waals surface area contributed by atoms with Crippen LogP contribution < -0.4 is 21.3 Å². The molecule has 11 heteroatoms. The molecule has 1 aliphatic rings. The molecule has 244 valence electrons. The Kier molecular flexibility index (Phi) is 11.9. The number of aromatic nitrogens is 1. The quantitative estimate of drug-likeness (QED) is 0.142. The number of morpholine rings is 1. The van der Waals surface area contributed by atoms with Gasteiger partial charge in [-0.2, -0.15) is 0 Å². The lowest BCUT2D eigenvalue weighted by molar-refractivity contribution is -0.118. The highest BCUT2D eigenvalue weighted by Gasteiger charge is 2.33. The normalized spacial score (nSPS) is 16.5. The smallest absolute Gasteiger partial charge is 0.407 e. The number of ether oxygens (including phenoxy) is 2. The summed E-state index contributed by atoms with van der Waals surface area (Å²) in [5, 5.41) is 21.3. The number of hydrogen-bond donors (Lipinski definition) is 5. The maximum absolute atomic E-state index is 13.8. The molecule has 1 aromatic heterocycles. The van der Waals surface area contributed by atoms with Crippen LogP contribution in [0.3, 0.4) is 0 Å². The number of rotatable bonds is 13. The third-order valence-electron chi connectivity index (χ3n) is 7.97. The highest BCUT2D eigenvalue weighted by atomic mass is 16.6. The predicted octanol–water partition coefficient (Wildman–Crippen LogP) is 4.70. The van der Waals surface area contributed by atoms with Crippen molar-refractivity contribution in [3.63, 3.8) is 0 Å². The number of nitrogens with zero attached hydrogens (tertiary/aromatic N) is 1. The second-order valence-corrected chi connectivity index (χ2v) is 11.3. The van der Waals surface area contributed by atoms with Gasteiger partial charge in [-0.05, 0) is 47.2 Å². The number of hydrogen-bond acceptors (Lipinski definition) is 7. The fraction of sp³-hybridized carbons (Fsp3) is 0.278. The van der Waals surface area contributed by atoms with Crippen molar-refractivity contribution in [2.24, 2.45) is 0 Å². The lowest BCUT2D eigenvalue weighted by Crippen LogP contribution is -2.49. The van der Waals surface area contributed by atoms with Crippen LogP contribution in [0.1, 0.15) is 34.6 Å². The van der Waals surface area contributed by atoms with E-state index in [0.717, 1.165) is 22.3 Å². The van der Waals surface area contributed by atoms with Crippen LogP contribution in [-0.4, -0.2) is 66.1 Å². The van der Waals surface area contributed by atoms with Gasteiger partial charge in [0.1, 0.15) is 12.6 Å². The minimum atomic E-state index is -1.29. The molecule has 0 aliphatic carbocycles. The van der Waals surface area contributed by atoms with E-state index in [4.69, 9.17) is 9.47 Å². The summed E-state index contributed by atoms with van der Waals surface area (Å²) in [5.41, 5.74) is 4.04. The minimum absolute atomic E-state index is 0.0728. The molecule has 2 heterocycles. The van der Waals surface area contributed by atoms with Gasteiger partial charge in [-0.15, -0.1) is 0 Å². The Balaban J connectivity index is 1.15. The molecule has 3 amide bonds. The summed E-state index contributed by atoms with van der Waals surface area (Å²) in [5.74, 6) is -1.01. The van der Waals surface area contributed by atoms with Gasteiger partial charge in [0, 0.05) is 37.1 Å². The number of nitrogens with one attached hydrogen (secondary N) is 4.